The van der Waals surface area contributed by atoms with Crippen LogP contribution in [0.15, 0.2) is 12.5 Å². The van der Waals surface area contributed by atoms with Crippen molar-refractivity contribution in [3.63, 3.8) is 0 Å². The van der Waals surface area contributed by atoms with E-state index < -0.39 is 0 Å². The van der Waals surface area contributed by atoms with Gasteiger partial charge >= 0.3 is 0 Å². The van der Waals surface area contributed by atoms with Crippen molar-refractivity contribution in [2.24, 2.45) is 5.92 Å². The molecule has 1 rings (SSSR count). The van der Waals surface area contributed by atoms with Gasteiger partial charge in [0.25, 0.3) is 0 Å². The highest BCUT2D eigenvalue weighted by molar-refractivity contribution is 5.44. The van der Waals surface area contributed by atoms with Gasteiger partial charge in [-0.15, -0.1) is 0 Å². The minimum absolute atomic E-state index is 0.415. The summed E-state index contributed by atoms with van der Waals surface area (Å²) in [6.07, 6.45) is 2.91. The molecule has 0 aliphatic carbocycles. The Balaban J connectivity index is 2.18. The third kappa shape index (κ3) is 4.60. The third-order valence-corrected chi connectivity index (χ3v) is 1.62. The van der Waals surface area contributed by atoms with Gasteiger partial charge in [0.1, 0.15) is 18.6 Å². The maximum atomic E-state index is 5.59. The number of hydrogen-bond donors (Lipinski definition) is 1. The first-order chi connectivity index (χ1) is 7.20. The SMILES string of the molecule is CC(C)COCCOc1ncncc1N. The van der Waals surface area contributed by atoms with E-state index >= 15 is 0 Å². The fraction of sp³-hybridized carbons (Fsp3) is 0.600. The van der Waals surface area contributed by atoms with E-state index in [1.807, 2.05) is 0 Å². The van der Waals surface area contributed by atoms with Gasteiger partial charge in [0.2, 0.25) is 5.88 Å². The van der Waals surface area contributed by atoms with Gasteiger partial charge in [0.05, 0.1) is 12.8 Å². The molecule has 5 heteroatoms. The van der Waals surface area contributed by atoms with Crippen LogP contribution in [0.2, 0.25) is 0 Å². The van der Waals surface area contributed by atoms with Crippen LogP contribution >= 0.6 is 0 Å². The highest BCUT2D eigenvalue weighted by Gasteiger charge is 2.00. The van der Waals surface area contributed by atoms with Crippen molar-refractivity contribution in [2.45, 2.75) is 13.8 Å². The zero-order valence-corrected chi connectivity index (χ0v) is 9.14. The zero-order chi connectivity index (χ0) is 11.1. The normalized spacial score (nSPS) is 10.6. The van der Waals surface area contributed by atoms with Crippen molar-refractivity contribution in [2.75, 3.05) is 25.6 Å². The van der Waals surface area contributed by atoms with E-state index in [2.05, 4.69) is 23.8 Å². The molecule has 0 saturated heterocycles. The van der Waals surface area contributed by atoms with Gasteiger partial charge in [-0.25, -0.2) is 9.97 Å². The number of anilines is 1. The van der Waals surface area contributed by atoms with Gasteiger partial charge in [-0.1, -0.05) is 13.8 Å². The lowest BCUT2D eigenvalue weighted by Crippen LogP contribution is -2.11. The summed E-state index contributed by atoms with van der Waals surface area (Å²) in [5.41, 5.74) is 6.04. The number of nitrogens with two attached hydrogens (primary N) is 1. The average molecular weight is 211 g/mol. The van der Waals surface area contributed by atoms with E-state index in [-0.39, 0.29) is 0 Å². The standard InChI is InChI=1S/C10H17N3O2/c1-8(2)6-14-3-4-15-10-9(11)5-12-7-13-10/h5,7-8H,3-4,6,11H2,1-2H3. The molecule has 0 spiro atoms. The monoisotopic (exact) mass is 211 g/mol. The summed E-state index contributed by atoms with van der Waals surface area (Å²) < 4.78 is 10.7. The van der Waals surface area contributed by atoms with Crippen LogP contribution in [0.4, 0.5) is 5.69 Å². The molecule has 1 aromatic rings. The minimum Gasteiger partial charge on any atom is -0.474 e. The second-order valence-electron chi connectivity index (χ2n) is 3.60. The fourth-order valence-electron chi connectivity index (χ4n) is 0.966. The summed E-state index contributed by atoms with van der Waals surface area (Å²) in [6.45, 7) is 5.94. The second kappa shape index (κ2) is 6.19. The average Bonchev–Trinajstić information content (AvgIpc) is 2.20. The first-order valence-electron chi connectivity index (χ1n) is 4.96. The van der Waals surface area contributed by atoms with Crippen LogP contribution in [0.3, 0.4) is 0 Å². The Hall–Kier alpha value is -1.36. The van der Waals surface area contributed by atoms with Crippen molar-refractivity contribution in [1.29, 1.82) is 0 Å². The summed E-state index contributed by atoms with van der Waals surface area (Å²) >= 11 is 0. The summed E-state index contributed by atoms with van der Waals surface area (Å²) in [4.78, 5) is 7.66. The molecule has 0 aliphatic heterocycles. The van der Waals surface area contributed by atoms with Crippen LogP contribution in [0.1, 0.15) is 13.8 Å². The highest BCUT2D eigenvalue weighted by atomic mass is 16.5. The quantitative estimate of drug-likeness (QED) is 0.714. The molecule has 0 aromatic carbocycles. The molecular formula is C10H17N3O2. The summed E-state index contributed by atoms with van der Waals surface area (Å²) in [6, 6.07) is 0. The van der Waals surface area contributed by atoms with Crippen molar-refractivity contribution < 1.29 is 9.47 Å². The van der Waals surface area contributed by atoms with E-state index in [1.54, 1.807) is 0 Å². The molecule has 0 radical (unpaired) electrons. The smallest absolute Gasteiger partial charge is 0.240 e. The van der Waals surface area contributed by atoms with E-state index in [0.29, 0.717) is 30.7 Å². The van der Waals surface area contributed by atoms with Crippen molar-refractivity contribution in [1.82, 2.24) is 9.97 Å². The van der Waals surface area contributed by atoms with Gasteiger partial charge in [0.15, 0.2) is 0 Å². The molecule has 1 aromatic heterocycles. The Kier molecular flexibility index (Phi) is 4.83. The molecule has 0 fully saturated rings. The van der Waals surface area contributed by atoms with Crippen LogP contribution in [-0.4, -0.2) is 29.8 Å². The Bertz CT molecular complexity index is 292. The molecule has 0 atom stereocenters. The number of nitrogens with zero attached hydrogens (tertiary/aromatic N) is 2. The summed E-state index contributed by atoms with van der Waals surface area (Å²) in [5, 5.41) is 0. The number of aromatic nitrogens is 2. The van der Waals surface area contributed by atoms with Gasteiger partial charge in [0, 0.05) is 6.61 Å². The fourth-order valence-corrected chi connectivity index (χ4v) is 0.966. The van der Waals surface area contributed by atoms with E-state index in [1.165, 1.54) is 12.5 Å². The Labute approximate surface area is 89.6 Å². The van der Waals surface area contributed by atoms with E-state index in [4.69, 9.17) is 15.2 Å². The van der Waals surface area contributed by atoms with Crippen LogP contribution in [0.5, 0.6) is 5.88 Å². The van der Waals surface area contributed by atoms with Crippen LogP contribution in [0.25, 0.3) is 0 Å². The molecular weight excluding hydrogens is 194 g/mol. The topological polar surface area (TPSA) is 70.3 Å². The first-order valence-corrected chi connectivity index (χ1v) is 4.96. The highest BCUT2D eigenvalue weighted by Crippen LogP contribution is 2.13. The Morgan fingerprint density at radius 1 is 1.40 bits per heavy atom. The molecule has 15 heavy (non-hydrogen) atoms. The lowest BCUT2D eigenvalue weighted by Gasteiger charge is -2.08. The first kappa shape index (κ1) is 11.7. The molecule has 1 heterocycles. The summed E-state index contributed by atoms with van der Waals surface area (Å²) in [5.74, 6) is 0.951. The molecule has 84 valence electrons. The molecule has 0 aliphatic rings. The lowest BCUT2D eigenvalue weighted by molar-refractivity contribution is 0.0808. The Morgan fingerprint density at radius 2 is 2.20 bits per heavy atom. The molecule has 5 nitrogen and oxygen atoms in total. The van der Waals surface area contributed by atoms with Gasteiger partial charge < -0.3 is 15.2 Å². The van der Waals surface area contributed by atoms with Crippen molar-refractivity contribution >= 4 is 5.69 Å². The zero-order valence-electron chi connectivity index (χ0n) is 9.14. The third-order valence-electron chi connectivity index (χ3n) is 1.62. The summed E-state index contributed by atoms with van der Waals surface area (Å²) in [7, 11) is 0. The number of ether oxygens (including phenoxy) is 2. The Morgan fingerprint density at radius 3 is 2.87 bits per heavy atom. The lowest BCUT2D eigenvalue weighted by atomic mass is 10.2. The molecule has 2 N–H and O–H groups in total. The maximum absolute atomic E-state index is 5.59. The number of nitrogen functional groups attached to an aromatic ring is 1. The van der Waals surface area contributed by atoms with Crippen LogP contribution < -0.4 is 10.5 Å². The molecule has 0 unspecified atom stereocenters. The maximum Gasteiger partial charge on any atom is 0.240 e. The van der Waals surface area contributed by atoms with Crippen molar-refractivity contribution in [3.8, 4) is 5.88 Å². The van der Waals surface area contributed by atoms with Crippen molar-refractivity contribution in [3.05, 3.63) is 12.5 Å². The van der Waals surface area contributed by atoms with E-state index in [9.17, 15) is 0 Å². The van der Waals surface area contributed by atoms with Gasteiger partial charge in [-0.2, -0.15) is 0 Å². The minimum atomic E-state index is 0.415. The number of rotatable bonds is 6. The van der Waals surface area contributed by atoms with Gasteiger partial charge in [-0.3, -0.25) is 0 Å². The van der Waals surface area contributed by atoms with Gasteiger partial charge in [-0.05, 0) is 5.92 Å². The molecule has 0 amide bonds. The predicted octanol–water partition coefficient (Wildman–Crippen LogP) is 1.11. The molecule has 0 bridgehead atoms. The van der Waals surface area contributed by atoms with E-state index in [0.717, 1.165) is 6.61 Å². The van der Waals surface area contributed by atoms with Crippen LogP contribution in [0, 0.1) is 5.92 Å². The largest absolute Gasteiger partial charge is 0.474 e. The predicted molar refractivity (Wildman–Crippen MR) is 57.6 cm³/mol. The second-order valence-corrected chi connectivity index (χ2v) is 3.60. The molecule has 0 saturated carbocycles. The van der Waals surface area contributed by atoms with Crippen LogP contribution in [-0.2, 0) is 4.74 Å². The number of hydrogen-bond acceptors (Lipinski definition) is 5.